The summed E-state index contributed by atoms with van der Waals surface area (Å²) < 4.78 is 0. The molecule has 0 aromatic heterocycles. The SMILES string of the molecule is Cl.Cl.O=C(NCCN1CCNCC1)C1CCCN1Cc1ccccc1. The van der Waals surface area contributed by atoms with Crippen LogP contribution in [0.25, 0.3) is 0 Å². The number of hydrogen-bond acceptors (Lipinski definition) is 4. The minimum atomic E-state index is 0. The van der Waals surface area contributed by atoms with Crippen molar-refractivity contribution >= 4 is 30.7 Å². The van der Waals surface area contributed by atoms with Crippen molar-refractivity contribution in [3.63, 3.8) is 0 Å². The molecule has 0 saturated carbocycles. The number of nitrogens with one attached hydrogen (secondary N) is 2. The van der Waals surface area contributed by atoms with Gasteiger partial charge in [0.2, 0.25) is 5.91 Å². The Bertz CT molecular complexity index is 497. The fourth-order valence-electron chi connectivity index (χ4n) is 3.52. The lowest BCUT2D eigenvalue weighted by molar-refractivity contribution is -0.125. The van der Waals surface area contributed by atoms with Gasteiger partial charge in [0.25, 0.3) is 0 Å². The zero-order chi connectivity index (χ0) is 15.9. The third-order valence-electron chi connectivity index (χ3n) is 4.83. The molecule has 2 fully saturated rings. The molecular weight excluding hydrogens is 359 g/mol. The van der Waals surface area contributed by atoms with Crippen molar-refractivity contribution in [2.24, 2.45) is 0 Å². The van der Waals surface area contributed by atoms with E-state index in [1.54, 1.807) is 0 Å². The second-order valence-electron chi connectivity index (χ2n) is 6.50. The average molecular weight is 389 g/mol. The van der Waals surface area contributed by atoms with Gasteiger partial charge in [-0.05, 0) is 24.9 Å². The number of rotatable bonds is 6. The monoisotopic (exact) mass is 388 g/mol. The van der Waals surface area contributed by atoms with Gasteiger partial charge >= 0.3 is 0 Å². The van der Waals surface area contributed by atoms with Gasteiger partial charge in [0.05, 0.1) is 6.04 Å². The topological polar surface area (TPSA) is 47.6 Å². The van der Waals surface area contributed by atoms with Crippen molar-refractivity contribution in [2.45, 2.75) is 25.4 Å². The van der Waals surface area contributed by atoms with Crippen molar-refractivity contribution in [3.8, 4) is 0 Å². The summed E-state index contributed by atoms with van der Waals surface area (Å²) in [5, 5.41) is 6.50. The number of nitrogens with zero attached hydrogens (tertiary/aromatic N) is 2. The molecule has 1 amide bonds. The van der Waals surface area contributed by atoms with Gasteiger partial charge < -0.3 is 10.6 Å². The first-order chi connectivity index (χ1) is 11.3. The summed E-state index contributed by atoms with van der Waals surface area (Å²) in [6.07, 6.45) is 2.09. The van der Waals surface area contributed by atoms with Crippen LogP contribution in [-0.2, 0) is 11.3 Å². The molecule has 7 heteroatoms. The number of piperazine rings is 1. The van der Waals surface area contributed by atoms with Crippen LogP contribution in [0.4, 0.5) is 0 Å². The number of likely N-dealkylation sites (tertiary alicyclic amines) is 1. The molecule has 0 bridgehead atoms. The third kappa shape index (κ3) is 6.76. The highest BCUT2D eigenvalue weighted by atomic mass is 35.5. The lowest BCUT2D eigenvalue weighted by atomic mass is 10.1. The zero-order valence-corrected chi connectivity index (χ0v) is 16.3. The molecule has 142 valence electrons. The number of carbonyl (C=O) groups excluding carboxylic acids is 1. The molecule has 2 heterocycles. The molecule has 1 aromatic carbocycles. The Hall–Kier alpha value is -0.850. The Balaban J connectivity index is 0.00000156. The number of hydrogen-bond donors (Lipinski definition) is 2. The van der Waals surface area contributed by atoms with E-state index in [-0.39, 0.29) is 36.8 Å². The maximum Gasteiger partial charge on any atom is 0.237 e. The number of benzene rings is 1. The van der Waals surface area contributed by atoms with Crippen LogP contribution in [0.1, 0.15) is 18.4 Å². The van der Waals surface area contributed by atoms with Gasteiger partial charge in [-0.25, -0.2) is 0 Å². The summed E-state index contributed by atoms with van der Waals surface area (Å²) >= 11 is 0. The summed E-state index contributed by atoms with van der Waals surface area (Å²) in [6.45, 7) is 7.89. The van der Waals surface area contributed by atoms with Crippen LogP contribution in [-0.4, -0.2) is 67.6 Å². The minimum absolute atomic E-state index is 0. The molecule has 5 nitrogen and oxygen atoms in total. The van der Waals surface area contributed by atoms with Gasteiger partial charge in [-0.2, -0.15) is 0 Å². The molecule has 2 N–H and O–H groups in total. The number of halogens is 2. The van der Waals surface area contributed by atoms with Crippen LogP contribution >= 0.6 is 24.8 Å². The first kappa shape index (κ1) is 22.2. The van der Waals surface area contributed by atoms with Crippen LogP contribution < -0.4 is 10.6 Å². The largest absolute Gasteiger partial charge is 0.353 e. The zero-order valence-electron chi connectivity index (χ0n) is 14.7. The second-order valence-corrected chi connectivity index (χ2v) is 6.50. The number of amides is 1. The fraction of sp³-hybridized carbons (Fsp3) is 0.611. The van der Waals surface area contributed by atoms with Crippen molar-refractivity contribution in [3.05, 3.63) is 35.9 Å². The predicted molar refractivity (Wildman–Crippen MR) is 107 cm³/mol. The highest BCUT2D eigenvalue weighted by Crippen LogP contribution is 2.20. The van der Waals surface area contributed by atoms with Gasteiger partial charge in [0.1, 0.15) is 0 Å². The lowest BCUT2D eigenvalue weighted by Gasteiger charge is -2.28. The smallest absolute Gasteiger partial charge is 0.237 e. The van der Waals surface area contributed by atoms with Crippen molar-refractivity contribution in [1.82, 2.24) is 20.4 Å². The summed E-state index contributed by atoms with van der Waals surface area (Å²) in [5.74, 6) is 0.202. The van der Waals surface area contributed by atoms with E-state index in [0.29, 0.717) is 0 Å². The number of carbonyl (C=O) groups is 1. The third-order valence-corrected chi connectivity index (χ3v) is 4.83. The normalized spacial score (nSPS) is 21.2. The van der Waals surface area contributed by atoms with Crippen LogP contribution in [0.2, 0.25) is 0 Å². The van der Waals surface area contributed by atoms with Crippen molar-refractivity contribution in [2.75, 3.05) is 45.8 Å². The quantitative estimate of drug-likeness (QED) is 0.775. The minimum Gasteiger partial charge on any atom is -0.353 e. The Morgan fingerprint density at radius 2 is 1.84 bits per heavy atom. The summed E-state index contributed by atoms with van der Waals surface area (Å²) in [4.78, 5) is 17.2. The van der Waals surface area contributed by atoms with E-state index in [1.807, 2.05) is 6.07 Å². The van der Waals surface area contributed by atoms with Gasteiger partial charge in [0, 0.05) is 45.8 Å². The molecule has 0 aliphatic carbocycles. The van der Waals surface area contributed by atoms with E-state index in [0.717, 1.165) is 65.2 Å². The van der Waals surface area contributed by atoms with Gasteiger partial charge in [0.15, 0.2) is 0 Å². The van der Waals surface area contributed by atoms with E-state index in [1.165, 1.54) is 5.56 Å². The summed E-state index contributed by atoms with van der Waals surface area (Å²) in [5.41, 5.74) is 1.29. The Morgan fingerprint density at radius 3 is 2.56 bits per heavy atom. The van der Waals surface area contributed by atoms with Gasteiger partial charge in [-0.15, -0.1) is 24.8 Å². The van der Waals surface area contributed by atoms with E-state index in [2.05, 4.69) is 44.7 Å². The maximum absolute atomic E-state index is 12.5. The molecule has 2 saturated heterocycles. The van der Waals surface area contributed by atoms with E-state index in [9.17, 15) is 4.79 Å². The first-order valence-corrected chi connectivity index (χ1v) is 8.82. The van der Waals surface area contributed by atoms with Crippen molar-refractivity contribution < 1.29 is 4.79 Å². The fourth-order valence-corrected chi connectivity index (χ4v) is 3.52. The molecule has 0 spiro atoms. The van der Waals surface area contributed by atoms with E-state index < -0.39 is 0 Å². The van der Waals surface area contributed by atoms with Gasteiger partial charge in [-0.3, -0.25) is 14.6 Å². The molecule has 3 rings (SSSR count). The highest BCUT2D eigenvalue weighted by Gasteiger charge is 2.30. The van der Waals surface area contributed by atoms with Gasteiger partial charge in [-0.1, -0.05) is 30.3 Å². The van der Waals surface area contributed by atoms with Crippen LogP contribution in [0.15, 0.2) is 30.3 Å². The molecule has 2 aliphatic heterocycles. The molecule has 1 unspecified atom stereocenters. The molecule has 1 atom stereocenters. The Kier molecular flexibility index (Phi) is 10.4. The molecule has 2 aliphatic rings. The summed E-state index contributed by atoms with van der Waals surface area (Å²) in [6, 6.07) is 10.5. The standard InChI is InChI=1S/C18H28N4O.2ClH/c23-18(20-10-14-21-12-8-19-9-13-21)17-7-4-11-22(17)15-16-5-2-1-3-6-16;;/h1-3,5-6,17,19H,4,7-15H2,(H,20,23);2*1H. The predicted octanol–water partition coefficient (Wildman–Crippen LogP) is 1.52. The van der Waals surface area contributed by atoms with Crippen molar-refractivity contribution in [1.29, 1.82) is 0 Å². The van der Waals surface area contributed by atoms with E-state index >= 15 is 0 Å². The summed E-state index contributed by atoms with van der Waals surface area (Å²) in [7, 11) is 0. The molecular formula is C18H30Cl2N4O. The molecule has 0 radical (unpaired) electrons. The maximum atomic E-state index is 12.5. The highest BCUT2D eigenvalue weighted by molar-refractivity contribution is 5.85. The van der Waals surface area contributed by atoms with Crippen LogP contribution in [0, 0.1) is 0 Å². The second kappa shape index (κ2) is 11.7. The Labute approximate surface area is 163 Å². The molecule has 1 aromatic rings. The molecule has 25 heavy (non-hydrogen) atoms. The van der Waals surface area contributed by atoms with Crippen LogP contribution in [0.5, 0.6) is 0 Å². The Morgan fingerprint density at radius 1 is 1.12 bits per heavy atom. The van der Waals surface area contributed by atoms with E-state index in [4.69, 9.17) is 0 Å². The first-order valence-electron chi connectivity index (χ1n) is 8.82. The average Bonchev–Trinajstić information content (AvgIpc) is 3.05. The lowest BCUT2D eigenvalue weighted by Crippen LogP contribution is -2.48. The van der Waals surface area contributed by atoms with Crippen LogP contribution in [0.3, 0.4) is 0 Å².